The number of carbonyl (C=O) groups is 1. The van der Waals surface area contributed by atoms with Crippen LogP contribution in [0.5, 0.6) is 0 Å². The number of hydrogen-bond acceptors (Lipinski definition) is 5. The Balaban J connectivity index is 1.44. The SMILES string of the molecule is COC(=O)N1CCc2nc(C)n(C34CCCC(CC3)N4CC[C@H](N)c3ccccc3)c2C1. The van der Waals surface area contributed by atoms with Crippen molar-refractivity contribution in [2.45, 2.75) is 76.2 Å². The molecule has 0 spiro atoms. The van der Waals surface area contributed by atoms with Gasteiger partial charge in [0.25, 0.3) is 0 Å². The largest absolute Gasteiger partial charge is 0.453 e. The molecule has 3 aliphatic rings. The van der Waals surface area contributed by atoms with E-state index < -0.39 is 0 Å². The lowest BCUT2D eigenvalue weighted by molar-refractivity contribution is -0.0141. The van der Waals surface area contributed by atoms with E-state index in [0.29, 0.717) is 19.1 Å². The number of nitrogens with zero attached hydrogens (tertiary/aromatic N) is 4. The molecule has 2 bridgehead atoms. The summed E-state index contributed by atoms with van der Waals surface area (Å²) in [6, 6.07) is 11.1. The van der Waals surface area contributed by atoms with Crippen LogP contribution in [-0.4, -0.2) is 51.7 Å². The van der Waals surface area contributed by atoms with Crippen molar-refractivity contribution in [3.63, 3.8) is 0 Å². The topological polar surface area (TPSA) is 76.6 Å². The first-order valence-electron chi connectivity index (χ1n) is 12.0. The minimum atomic E-state index is -0.253. The number of methoxy groups -OCH3 is 1. The number of fused-ring (bicyclic) bond motifs is 3. The van der Waals surface area contributed by atoms with Gasteiger partial charge in [-0.1, -0.05) is 30.3 Å². The van der Waals surface area contributed by atoms with Crippen LogP contribution in [0.15, 0.2) is 30.3 Å². The first-order valence-corrected chi connectivity index (χ1v) is 12.0. The molecule has 2 saturated heterocycles. The fourth-order valence-electron chi connectivity index (χ4n) is 6.45. The number of benzene rings is 1. The Bertz CT molecular complexity index is 970. The van der Waals surface area contributed by atoms with Crippen LogP contribution in [0.2, 0.25) is 0 Å². The summed E-state index contributed by atoms with van der Waals surface area (Å²) in [4.78, 5) is 21.8. The number of rotatable bonds is 5. The Hall–Kier alpha value is -2.38. The second-order valence-electron chi connectivity index (χ2n) is 9.60. The van der Waals surface area contributed by atoms with Crippen molar-refractivity contribution in [3.05, 3.63) is 53.1 Å². The zero-order valence-electron chi connectivity index (χ0n) is 19.3. The van der Waals surface area contributed by atoms with E-state index in [1.165, 1.54) is 37.6 Å². The Kier molecular flexibility index (Phi) is 5.72. The van der Waals surface area contributed by atoms with E-state index >= 15 is 0 Å². The highest BCUT2D eigenvalue weighted by Crippen LogP contribution is 2.49. The number of carbonyl (C=O) groups excluding carboxylic acids is 1. The molecule has 7 nitrogen and oxygen atoms in total. The van der Waals surface area contributed by atoms with Crippen LogP contribution in [-0.2, 0) is 23.4 Å². The molecule has 172 valence electrons. The monoisotopic (exact) mass is 437 g/mol. The average molecular weight is 438 g/mol. The summed E-state index contributed by atoms with van der Waals surface area (Å²) in [5.41, 5.74) is 10.1. The van der Waals surface area contributed by atoms with Gasteiger partial charge in [0.05, 0.1) is 30.7 Å². The molecule has 1 aromatic heterocycles. The minimum Gasteiger partial charge on any atom is -0.453 e. The van der Waals surface area contributed by atoms with Gasteiger partial charge in [0.15, 0.2) is 0 Å². The van der Waals surface area contributed by atoms with E-state index in [-0.39, 0.29) is 17.8 Å². The lowest BCUT2D eigenvalue weighted by atomic mass is 9.94. The number of piperidine rings is 1. The van der Waals surface area contributed by atoms with Crippen molar-refractivity contribution in [2.24, 2.45) is 5.73 Å². The first kappa shape index (κ1) is 21.5. The molecule has 1 aromatic carbocycles. The van der Waals surface area contributed by atoms with E-state index in [0.717, 1.165) is 43.7 Å². The second-order valence-corrected chi connectivity index (χ2v) is 9.60. The second kappa shape index (κ2) is 8.52. The van der Waals surface area contributed by atoms with Crippen molar-refractivity contribution in [1.82, 2.24) is 19.4 Å². The summed E-state index contributed by atoms with van der Waals surface area (Å²) in [5.74, 6) is 1.07. The van der Waals surface area contributed by atoms with Crippen molar-refractivity contribution in [2.75, 3.05) is 20.2 Å². The number of aromatic nitrogens is 2. The molecule has 2 fully saturated rings. The summed E-state index contributed by atoms with van der Waals surface area (Å²) in [6.07, 6.45) is 7.45. The maximum atomic E-state index is 12.3. The molecule has 3 aliphatic heterocycles. The number of nitrogens with two attached hydrogens (primary N) is 1. The van der Waals surface area contributed by atoms with Gasteiger partial charge in [-0.2, -0.15) is 0 Å². The predicted molar refractivity (Wildman–Crippen MR) is 123 cm³/mol. The summed E-state index contributed by atoms with van der Waals surface area (Å²) >= 11 is 0. The molecule has 0 saturated carbocycles. The fraction of sp³-hybridized carbons (Fsp3) is 0.600. The van der Waals surface area contributed by atoms with Crippen molar-refractivity contribution in [3.8, 4) is 0 Å². The molecule has 2 N–H and O–H groups in total. The standard InChI is InChI=1S/C25H35N5O2/c1-18-27-22-12-15-28(24(31)32-2)17-23(22)30(18)25-13-6-9-20(10-14-25)29(25)16-11-21(26)19-7-4-3-5-8-19/h3-5,7-8,20-21H,6,9-17,26H2,1-2H3/t20?,21-,25?/m0/s1. The highest BCUT2D eigenvalue weighted by atomic mass is 16.5. The Labute approximate surface area is 190 Å². The molecule has 5 rings (SSSR count). The third kappa shape index (κ3) is 3.52. The molecule has 2 unspecified atom stereocenters. The third-order valence-electron chi connectivity index (χ3n) is 7.91. The number of ether oxygens (including phenoxy) is 1. The fourth-order valence-corrected chi connectivity index (χ4v) is 6.45. The van der Waals surface area contributed by atoms with Crippen LogP contribution >= 0.6 is 0 Å². The number of amides is 1. The summed E-state index contributed by atoms with van der Waals surface area (Å²) < 4.78 is 7.51. The van der Waals surface area contributed by atoms with Crippen molar-refractivity contribution < 1.29 is 9.53 Å². The van der Waals surface area contributed by atoms with Crippen LogP contribution in [0, 0.1) is 6.92 Å². The van der Waals surface area contributed by atoms with E-state index in [4.69, 9.17) is 15.5 Å². The highest BCUT2D eigenvalue weighted by Gasteiger charge is 2.51. The minimum absolute atomic E-state index is 0.0437. The van der Waals surface area contributed by atoms with Gasteiger partial charge in [-0.15, -0.1) is 0 Å². The lowest BCUT2D eigenvalue weighted by Gasteiger charge is -2.48. The van der Waals surface area contributed by atoms with Crippen LogP contribution in [0.4, 0.5) is 4.79 Å². The molecular formula is C25H35N5O2. The van der Waals surface area contributed by atoms with Gasteiger partial charge >= 0.3 is 6.09 Å². The molecule has 4 heterocycles. The predicted octanol–water partition coefficient (Wildman–Crippen LogP) is 3.71. The summed E-state index contributed by atoms with van der Waals surface area (Å²) in [6.45, 7) is 4.35. The average Bonchev–Trinajstić information content (AvgIpc) is 3.25. The van der Waals surface area contributed by atoms with E-state index in [1.807, 2.05) is 11.0 Å². The van der Waals surface area contributed by atoms with Gasteiger partial charge in [0.2, 0.25) is 0 Å². The molecule has 0 aliphatic carbocycles. The van der Waals surface area contributed by atoms with E-state index in [2.05, 4.69) is 40.7 Å². The molecular weight excluding hydrogens is 402 g/mol. The number of hydrogen-bond donors (Lipinski definition) is 1. The summed E-state index contributed by atoms with van der Waals surface area (Å²) in [7, 11) is 1.46. The number of aryl methyl sites for hydroxylation is 1. The third-order valence-corrected chi connectivity index (χ3v) is 7.91. The molecule has 1 amide bonds. The van der Waals surface area contributed by atoms with Gasteiger partial charge in [0.1, 0.15) is 5.82 Å². The molecule has 3 atom stereocenters. The Morgan fingerprint density at radius 3 is 2.88 bits per heavy atom. The van der Waals surface area contributed by atoms with Gasteiger partial charge in [0, 0.05) is 31.6 Å². The van der Waals surface area contributed by atoms with E-state index in [9.17, 15) is 4.79 Å². The van der Waals surface area contributed by atoms with Crippen molar-refractivity contribution >= 4 is 6.09 Å². The molecule has 0 radical (unpaired) electrons. The number of imidazole rings is 1. The normalized spacial score (nSPS) is 26.1. The lowest BCUT2D eigenvalue weighted by Crippen LogP contribution is -2.54. The van der Waals surface area contributed by atoms with Crippen LogP contribution < -0.4 is 5.73 Å². The molecule has 2 aromatic rings. The molecule has 32 heavy (non-hydrogen) atoms. The highest BCUT2D eigenvalue weighted by molar-refractivity contribution is 5.67. The van der Waals surface area contributed by atoms with Crippen molar-refractivity contribution in [1.29, 1.82) is 0 Å². The first-order chi connectivity index (χ1) is 15.5. The van der Waals surface area contributed by atoms with E-state index in [1.54, 1.807) is 0 Å². The summed E-state index contributed by atoms with van der Waals surface area (Å²) in [5, 5.41) is 0. The van der Waals surface area contributed by atoms with Gasteiger partial charge in [-0.3, -0.25) is 4.90 Å². The maximum Gasteiger partial charge on any atom is 0.409 e. The quantitative estimate of drug-likeness (QED) is 0.772. The van der Waals surface area contributed by atoms with Gasteiger partial charge < -0.3 is 19.9 Å². The van der Waals surface area contributed by atoms with Crippen LogP contribution in [0.25, 0.3) is 0 Å². The zero-order valence-corrected chi connectivity index (χ0v) is 19.3. The van der Waals surface area contributed by atoms with Crippen LogP contribution in [0.1, 0.15) is 67.3 Å². The molecule has 7 heteroatoms. The Morgan fingerprint density at radius 1 is 1.28 bits per heavy atom. The maximum absolute atomic E-state index is 12.3. The van der Waals surface area contributed by atoms with Gasteiger partial charge in [-0.25, -0.2) is 9.78 Å². The van der Waals surface area contributed by atoms with Gasteiger partial charge in [-0.05, 0) is 51.0 Å². The van der Waals surface area contributed by atoms with Crippen LogP contribution in [0.3, 0.4) is 0 Å². The zero-order chi connectivity index (χ0) is 22.3. The smallest absolute Gasteiger partial charge is 0.409 e. The Morgan fingerprint density at radius 2 is 2.09 bits per heavy atom.